The molecule has 21 fully saturated rings. The van der Waals surface area contributed by atoms with Gasteiger partial charge in [-0.25, -0.2) is 22.0 Å². The molecule has 24 aliphatic rings. The average Bonchev–Trinajstić information content (AvgIpc) is 1.60. The first kappa shape index (κ1) is 122. The largest absolute Gasteiger partial charge is 1.00 e. The number of allylic oxidation sites excluding steroid dienone is 6. The fourth-order valence-corrected chi connectivity index (χ4v) is 38.6. The van der Waals surface area contributed by atoms with Crippen LogP contribution in [0.2, 0.25) is 0 Å². The zero-order valence-electron chi connectivity index (χ0n) is 94.0. The maximum Gasteiger partial charge on any atom is 1.00 e. The van der Waals surface area contributed by atoms with Crippen LogP contribution in [0.25, 0.3) is 0 Å². The minimum absolute atomic E-state index is 0. The van der Waals surface area contributed by atoms with Crippen molar-refractivity contribution in [1.29, 1.82) is 0 Å². The average molecular weight is 2140 g/mol. The van der Waals surface area contributed by atoms with Crippen molar-refractivity contribution in [2.75, 3.05) is 31.8 Å². The Kier molecular flexibility index (Phi) is 41.5. The van der Waals surface area contributed by atoms with E-state index in [1.54, 1.807) is 11.1 Å². The number of carboxylic acid groups (broad SMARTS) is 1. The van der Waals surface area contributed by atoms with Crippen LogP contribution in [0.1, 0.15) is 426 Å². The summed E-state index contributed by atoms with van der Waals surface area (Å²) >= 11 is 9.53. The third-order valence-corrected chi connectivity index (χ3v) is 46.2. The number of carbonyl (C=O) groups excluding carboxylic acids is 5. The van der Waals surface area contributed by atoms with E-state index >= 15 is 17.6 Å². The van der Waals surface area contributed by atoms with E-state index in [0.29, 0.717) is 114 Å². The van der Waals surface area contributed by atoms with Crippen LogP contribution in [0.5, 0.6) is 0 Å². The number of rotatable bonds is 8. The minimum Gasteiger partial charge on any atom is -1.00 e. The zero-order chi connectivity index (χ0) is 104. The molecular weight excluding hydrogens is 1950 g/mol. The summed E-state index contributed by atoms with van der Waals surface area (Å²) in [5.74, 6) is 5.42. The van der Waals surface area contributed by atoms with E-state index in [-0.39, 0.29) is 187 Å². The summed E-state index contributed by atoms with van der Waals surface area (Å²) in [5.41, 5.74) is 5.28. The van der Waals surface area contributed by atoms with Crippen LogP contribution in [0.15, 0.2) is 34.9 Å². The minimum atomic E-state index is -1.19. The van der Waals surface area contributed by atoms with Crippen LogP contribution in [-0.2, 0) is 71.4 Å². The van der Waals surface area contributed by atoms with Crippen LogP contribution in [0.4, 0.5) is 22.0 Å². The number of fused-ring (bicyclic) bond motifs is 25. The molecule has 0 spiro atoms. The number of ketones is 3. The second-order valence-electron chi connectivity index (χ2n) is 53.6. The SMILES string of the molecule is C.CC(=O)O.CC(=O)OC(C)=O.CC12CCC3C(CC=C4CCCCC43C)C1C[C@@H](F)C2=O.CC12CCCCC1=CC(=O)C1C2CCC2(C)C1C[C@@H](F)C2OC1CCCCO1.CC12CCCCC1=CCC1C2CCC2(C)C1C[C@@H](F)C2OC1CCCCO1.CC12CCCCC1CC(=O)C1C2CCC2(C)C1C[C@@H](F)C2OC1CCCCO1.CC12CCCCC1CC(O)C1C2CCC2(C)C1C[C@@H](F)C2OC1CCCCO1.ClCCl.[B].[H-].[Na+]. The number of alkyl halides is 7. The number of hydrogen-bond acceptors (Lipinski definition) is 16. The Balaban J connectivity index is 0.000000151. The Bertz CT molecular complexity index is 4580. The number of Topliss-reactive ketones (excluding diaryl/α,β-unsaturated/α-hetero) is 2. The summed E-state index contributed by atoms with van der Waals surface area (Å²) in [6.07, 6.45) is 54.6. The predicted molar refractivity (Wildman–Crippen MR) is 570 cm³/mol. The Morgan fingerprint density at radius 3 is 1.17 bits per heavy atom. The molecule has 149 heavy (non-hydrogen) atoms. The first-order chi connectivity index (χ1) is 69.6. The van der Waals surface area contributed by atoms with Gasteiger partial charge in [-0.15, -0.1) is 23.2 Å². The smallest absolute Gasteiger partial charge is 1.00 e. The van der Waals surface area contributed by atoms with Gasteiger partial charge in [0.15, 0.2) is 42.9 Å². The quantitative estimate of drug-likeness (QED) is 0.0575. The Labute approximate surface area is 927 Å². The first-order valence-corrected chi connectivity index (χ1v) is 60.3. The third-order valence-electron chi connectivity index (χ3n) is 46.2. The zero-order valence-corrected chi connectivity index (χ0v) is 96.5. The Hall–Kier alpha value is -2.23. The molecule has 17 saturated carbocycles. The van der Waals surface area contributed by atoms with E-state index in [2.05, 4.69) is 86.1 Å². The van der Waals surface area contributed by atoms with Gasteiger partial charge < -0.3 is 54.3 Å². The van der Waals surface area contributed by atoms with Gasteiger partial charge in [0.05, 0.1) is 35.9 Å². The Morgan fingerprint density at radius 2 is 0.738 bits per heavy atom. The van der Waals surface area contributed by atoms with Crippen LogP contribution >= 0.6 is 23.2 Å². The molecule has 26 heteroatoms. The summed E-state index contributed by atoms with van der Waals surface area (Å²) in [5, 5.41) is 18.8. The van der Waals surface area contributed by atoms with E-state index in [9.17, 15) is 33.5 Å². The van der Waals surface area contributed by atoms with Gasteiger partial charge in [0.2, 0.25) is 0 Å². The number of halogens is 7. The molecule has 17 nitrogen and oxygen atoms in total. The van der Waals surface area contributed by atoms with E-state index < -0.39 is 61.0 Å². The summed E-state index contributed by atoms with van der Waals surface area (Å²) in [4.78, 5) is 67.5. The van der Waals surface area contributed by atoms with Crippen LogP contribution < -0.4 is 29.6 Å². The standard InChI is InChI=1S/C24H39FO3.C24H37FO3.C24H35FO3.C24H37FO2.C19H27FO.C4H6O3.C2H4O2.CH2Cl2.CH4.B.Na.H/c3*1-23-10-5-3-7-15(23)13-19(26)21-16(23)9-11-24(2)17(21)14-18(25)22(24)28-20-8-4-6-12-27-20;1-23-12-5-3-7-16(23)9-10-17-18(23)11-13-24(2)19(17)15-20(25)22(24)27-21-8-4-6-14-26-21;1-18-9-4-3-5-12(18)6-7-13-14(18)8-10-19(2)15(13)11-16(20)17(19)21;1-3(5)7-4(2)6;1-2(3)4;2-1-3;;;;/h15-22,26H,3-14H2,1-2H3;15-18,20-22H,3-14H2,1-2H3;13,16-18,20-22H,3-12,14H2,1-2H3;9,17-22H,3-8,10-15H2,1-2H3;6,13-16H,3-5,7-11H2,1-2H3;1-2H3;1H3,(H,3,4);1H2;1H4;;;/q;;;;;;;;;;+1;-1/t15?,16?,17?,18-,19?,20?,21?,22?,23?,24?;15?,16?,17?,18-,20?,21?,22?,23?,24?;16?,17?,18-,20?,21?,22?,23?,24?;17?,18?,19?,20-,21?,22?,23?,24?;13?,14?,15?,16-,18?,19?;;;;;;;/m11111......./s1. The summed E-state index contributed by atoms with van der Waals surface area (Å²) in [7, 11) is 0. The molecule has 0 amide bonds. The maximum atomic E-state index is 15.3. The van der Waals surface area contributed by atoms with Crippen molar-refractivity contribution < 1.29 is 135 Å². The van der Waals surface area contributed by atoms with Crippen molar-refractivity contribution in [3.63, 3.8) is 0 Å². The van der Waals surface area contributed by atoms with Crippen molar-refractivity contribution in [2.24, 2.45) is 155 Å². The Morgan fingerprint density at radius 1 is 0.389 bits per heavy atom. The second-order valence-corrected chi connectivity index (χ2v) is 54.4. The van der Waals surface area contributed by atoms with Gasteiger partial charge in [-0.1, -0.05) is 150 Å². The van der Waals surface area contributed by atoms with Crippen LogP contribution in [0, 0.1) is 155 Å². The summed E-state index contributed by atoms with van der Waals surface area (Å²) in [6.45, 7) is 29.8. The van der Waals surface area contributed by atoms with Crippen molar-refractivity contribution in [3.8, 4) is 0 Å². The number of esters is 2. The number of aliphatic hydroxyl groups is 1. The van der Waals surface area contributed by atoms with E-state index in [0.717, 1.165) is 193 Å². The van der Waals surface area contributed by atoms with E-state index in [1.165, 1.54) is 154 Å². The number of aliphatic carboxylic acids is 1. The van der Waals surface area contributed by atoms with Crippen LogP contribution in [0.3, 0.4) is 0 Å². The molecule has 0 bridgehead atoms. The van der Waals surface area contributed by atoms with Gasteiger partial charge in [-0.2, -0.15) is 0 Å². The topological polar surface area (TPSA) is 226 Å². The molecule has 20 aliphatic carbocycles. The maximum absolute atomic E-state index is 15.3. The second kappa shape index (κ2) is 50.6. The molecule has 4 aliphatic heterocycles. The molecule has 4 saturated heterocycles. The summed E-state index contributed by atoms with van der Waals surface area (Å²) < 4.78 is 128. The van der Waals surface area contributed by atoms with Crippen molar-refractivity contribution >= 4 is 66.9 Å². The molecule has 41 atom stereocenters. The molecule has 4 heterocycles. The van der Waals surface area contributed by atoms with Crippen LogP contribution in [-0.4, -0.2) is 172 Å². The monoisotopic (exact) mass is 2140 g/mol. The van der Waals surface area contributed by atoms with E-state index in [1.807, 2.05) is 6.08 Å². The fraction of sp³-hybridized carbons (Fsp3) is 0.902. The number of carboxylic acids is 1. The number of hydrogen-bond donors (Lipinski definition) is 2. The van der Waals surface area contributed by atoms with Gasteiger partial charge in [-0.05, 0) is 403 Å². The molecular formula is C123H192BCl2F5NaO17. The fourth-order valence-electron chi connectivity index (χ4n) is 38.6. The third kappa shape index (κ3) is 24.1. The van der Waals surface area contributed by atoms with Crippen molar-refractivity contribution in [2.45, 2.75) is 511 Å². The number of ether oxygens (including phenoxy) is 9. The number of aliphatic hydroxyl groups excluding tert-OH is 1. The number of carbonyl (C=O) groups is 6. The van der Waals surface area contributed by atoms with Crippen molar-refractivity contribution in [3.05, 3.63) is 34.9 Å². The van der Waals surface area contributed by atoms with Gasteiger partial charge in [0, 0.05) is 95.5 Å². The molecule has 0 aromatic carbocycles. The molecule has 0 aromatic heterocycles. The first-order valence-electron chi connectivity index (χ1n) is 59.2. The molecule has 0 aromatic rings. The van der Waals surface area contributed by atoms with Crippen molar-refractivity contribution in [1.82, 2.24) is 0 Å². The van der Waals surface area contributed by atoms with Gasteiger partial charge in [-0.3, -0.25) is 28.8 Å². The van der Waals surface area contributed by atoms with Gasteiger partial charge in [0.1, 0.15) is 30.5 Å². The van der Waals surface area contributed by atoms with E-state index in [4.69, 9.17) is 71.0 Å². The summed E-state index contributed by atoms with van der Waals surface area (Å²) in [6, 6.07) is 0. The molecule has 839 valence electrons. The predicted octanol–water partition coefficient (Wildman–Crippen LogP) is 26.1. The molecule has 36 unspecified atom stereocenters. The molecule has 24 rings (SSSR count). The van der Waals surface area contributed by atoms with Gasteiger partial charge in [0.25, 0.3) is 5.97 Å². The molecule has 3 radical (unpaired) electrons. The van der Waals surface area contributed by atoms with Gasteiger partial charge >= 0.3 is 41.5 Å². The normalized spacial score (nSPS) is 48.0. The molecule has 2 N–H and O–H groups in total.